The van der Waals surface area contributed by atoms with Crippen molar-refractivity contribution in [1.29, 1.82) is 0 Å². The molecular formula is C10H20N2. The third kappa shape index (κ3) is 3.56. The normalized spacial score (nSPS) is 16.1. The largest absolute Gasteiger partial charge is 0.368 e. The molecule has 0 bridgehead atoms. The number of hydrogen-bond acceptors (Lipinski definition) is 1. The van der Waals surface area contributed by atoms with Crippen molar-refractivity contribution in [3.63, 3.8) is 0 Å². The molecule has 0 saturated carbocycles. The lowest BCUT2D eigenvalue weighted by atomic mass is 10.2. The van der Waals surface area contributed by atoms with Crippen molar-refractivity contribution in [2.75, 3.05) is 7.05 Å². The highest BCUT2D eigenvalue weighted by Gasteiger charge is 2.02. The summed E-state index contributed by atoms with van der Waals surface area (Å²) in [5.41, 5.74) is 1.21. The van der Waals surface area contributed by atoms with E-state index in [0.717, 1.165) is 12.3 Å². The highest BCUT2D eigenvalue weighted by Crippen LogP contribution is 1.97. The first kappa shape index (κ1) is 11.2. The van der Waals surface area contributed by atoms with Crippen molar-refractivity contribution < 1.29 is 0 Å². The van der Waals surface area contributed by atoms with Gasteiger partial charge in [-0.2, -0.15) is 0 Å². The number of allylic oxidation sites excluding steroid dienone is 1. The number of nitrogens with zero attached hydrogens (tertiary/aromatic N) is 1. The lowest BCUT2D eigenvalue weighted by Gasteiger charge is -2.14. The van der Waals surface area contributed by atoms with E-state index in [-0.39, 0.29) is 0 Å². The molecule has 1 unspecified atom stereocenters. The van der Waals surface area contributed by atoms with E-state index in [1.54, 1.807) is 0 Å². The lowest BCUT2D eigenvalue weighted by Crippen LogP contribution is -2.32. The van der Waals surface area contributed by atoms with Gasteiger partial charge in [0.1, 0.15) is 5.84 Å². The molecule has 0 spiro atoms. The predicted molar refractivity (Wildman–Crippen MR) is 55.7 cm³/mol. The van der Waals surface area contributed by atoms with E-state index in [4.69, 9.17) is 0 Å². The minimum atomic E-state index is 0.499. The fraction of sp³-hybridized carbons (Fsp3) is 0.700. The molecule has 0 aromatic rings. The van der Waals surface area contributed by atoms with Crippen molar-refractivity contribution >= 4 is 5.84 Å². The van der Waals surface area contributed by atoms with Gasteiger partial charge < -0.3 is 5.32 Å². The van der Waals surface area contributed by atoms with Crippen molar-refractivity contribution in [3.05, 3.63) is 11.6 Å². The van der Waals surface area contributed by atoms with E-state index in [9.17, 15) is 0 Å². The zero-order chi connectivity index (χ0) is 9.56. The van der Waals surface area contributed by atoms with Crippen LogP contribution in [0, 0.1) is 0 Å². The van der Waals surface area contributed by atoms with Crippen LogP contribution in [0.3, 0.4) is 0 Å². The molecule has 0 radical (unpaired) electrons. The first-order valence-electron chi connectivity index (χ1n) is 4.52. The molecule has 1 N–H and O–H groups in total. The van der Waals surface area contributed by atoms with Crippen LogP contribution in [0.4, 0.5) is 0 Å². The van der Waals surface area contributed by atoms with Crippen LogP contribution in [0.15, 0.2) is 16.6 Å². The summed E-state index contributed by atoms with van der Waals surface area (Å²) in [6.07, 6.45) is 3.19. The molecule has 2 nitrogen and oxygen atoms in total. The highest BCUT2D eigenvalue weighted by molar-refractivity contribution is 5.97. The SMILES string of the molecule is C/C=C(\C)C(=NC)NC(C)CC. The van der Waals surface area contributed by atoms with E-state index in [0.29, 0.717) is 6.04 Å². The maximum atomic E-state index is 4.18. The van der Waals surface area contributed by atoms with Crippen LogP contribution < -0.4 is 5.32 Å². The molecule has 0 aliphatic heterocycles. The van der Waals surface area contributed by atoms with Gasteiger partial charge in [-0.1, -0.05) is 13.0 Å². The van der Waals surface area contributed by atoms with Crippen molar-refractivity contribution in [1.82, 2.24) is 5.32 Å². The molecule has 0 fully saturated rings. The Bertz CT molecular complexity index is 180. The Kier molecular flexibility index (Phi) is 5.43. The Morgan fingerprint density at radius 3 is 2.50 bits per heavy atom. The molecular weight excluding hydrogens is 148 g/mol. The van der Waals surface area contributed by atoms with Crippen LogP contribution in [0.1, 0.15) is 34.1 Å². The zero-order valence-corrected chi connectivity index (χ0v) is 8.81. The van der Waals surface area contributed by atoms with Crippen LogP contribution in [0.25, 0.3) is 0 Å². The number of hydrogen-bond donors (Lipinski definition) is 1. The van der Waals surface area contributed by atoms with Crippen molar-refractivity contribution in [3.8, 4) is 0 Å². The van der Waals surface area contributed by atoms with Crippen LogP contribution in [0.2, 0.25) is 0 Å². The van der Waals surface area contributed by atoms with Gasteiger partial charge >= 0.3 is 0 Å². The Labute approximate surface area is 75.8 Å². The smallest absolute Gasteiger partial charge is 0.123 e. The lowest BCUT2D eigenvalue weighted by molar-refractivity contribution is 0.641. The molecule has 0 rings (SSSR count). The van der Waals surface area contributed by atoms with E-state index in [2.05, 4.69) is 37.2 Å². The molecule has 12 heavy (non-hydrogen) atoms. The summed E-state index contributed by atoms with van der Waals surface area (Å²) in [4.78, 5) is 4.18. The molecule has 70 valence electrons. The summed E-state index contributed by atoms with van der Waals surface area (Å²) in [5, 5.41) is 3.35. The second-order valence-corrected chi connectivity index (χ2v) is 3.00. The fourth-order valence-corrected chi connectivity index (χ4v) is 0.827. The molecule has 0 aromatic heterocycles. The van der Waals surface area contributed by atoms with Gasteiger partial charge in [0, 0.05) is 13.1 Å². The van der Waals surface area contributed by atoms with Gasteiger partial charge in [0.25, 0.3) is 0 Å². The molecule has 0 aliphatic rings. The van der Waals surface area contributed by atoms with Crippen LogP contribution >= 0.6 is 0 Å². The van der Waals surface area contributed by atoms with Gasteiger partial charge in [0.15, 0.2) is 0 Å². The molecule has 1 atom stereocenters. The summed E-state index contributed by atoms with van der Waals surface area (Å²) in [6.45, 7) is 8.42. The summed E-state index contributed by atoms with van der Waals surface area (Å²) < 4.78 is 0. The molecule has 0 saturated heterocycles. The monoisotopic (exact) mass is 168 g/mol. The Morgan fingerprint density at radius 1 is 1.58 bits per heavy atom. The fourth-order valence-electron chi connectivity index (χ4n) is 0.827. The van der Waals surface area contributed by atoms with Gasteiger partial charge in [0.05, 0.1) is 0 Å². The zero-order valence-electron chi connectivity index (χ0n) is 8.81. The average Bonchev–Trinajstić information content (AvgIpc) is 2.12. The molecule has 0 aliphatic carbocycles. The Balaban J connectivity index is 4.21. The maximum Gasteiger partial charge on any atom is 0.123 e. The van der Waals surface area contributed by atoms with Crippen LogP contribution in [-0.2, 0) is 0 Å². The predicted octanol–water partition coefficient (Wildman–Crippen LogP) is 2.37. The first-order chi connectivity index (χ1) is 5.65. The van der Waals surface area contributed by atoms with Crippen LogP contribution in [0.5, 0.6) is 0 Å². The third-order valence-electron chi connectivity index (χ3n) is 2.03. The highest BCUT2D eigenvalue weighted by atomic mass is 15.0. The quantitative estimate of drug-likeness (QED) is 0.508. The van der Waals surface area contributed by atoms with Gasteiger partial charge in [-0.05, 0) is 32.8 Å². The van der Waals surface area contributed by atoms with Crippen molar-refractivity contribution in [2.24, 2.45) is 4.99 Å². The Hall–Kier alpha value is -0.790. The summed E-state index contributed by atoms with van der Waals surface area (Å²) in [5.74, 6) is 1.01. The summed E-state index contributed by atoms with van der Waals surface area (Å²) in [6, 6.07) is 0.499. The minimum Gasteiger partial charge on any atom is -0.368 e. The Morgan fingerprint density at radius 2 is 2.17 bits per heavy atom. The first-order valence-corrected chi connectivity index (χ1v) is 4.52. The second kappa shape index (κ2) is 5.81. The van der Waals surface area contributed by atoms with E-state index in [1.807, 2.05) is 14.0 Å². The van der Waals surface area contributed by atoms with Gasteiger partial charge in [-0.25, -0.2) is 0 Å². The van der Waals surface area contributed by atoms with Crippen LogP contribution in [-0.4, -0.2) is 18.9 Å². The van der Waals surface area contributed by atoms with E-state index >= 15 is 0 Å². The third-order valence-corrected chi connectivity index (χ3v) is 2.03. The second-order valence-electron chi connectivity index (χ2n) is 3.00. The number of rotatable bonds is 3. The number of aliphatic imine (C=N–C) groups is 1. The molecule has 0 amide bonds. The van der Waals surface area contributed by atoms with Gasteiger partial charge in [-0.3, -0.25) is 4.99 Å². The number of nitrogens with one attached hydrogen (secondary N) is 1. The standard InChI is InChI=1S/C10H20N2/c1-6-8(3)10(11-5)12-9(4)7-2/h6,9H,7H2,1-5H3,(H,11,12)/b8-6+. The molecule has 0 heterocycles. The van der Waals surface area contributed by atoms with E-state index < -0.39 is 0 Å². The van der Waals surface area contributed by atoms with E-state index in [1.165, 1.54) is 5.57 Å². The van der Waals surface area contributed by atoms with Gasteiger partial charge in [0.2, 0.25) is 0 Å². The average molecular weight is 168 g/mol. The topological polar surface area (TPSA) is 24.4 Å². The summed E-state index contributed by atoms with van der Waals surface area (Å²) >= 11 is 0. The summed E-state index contributed by atoms with van der Waals surface area (Å²) in [7, 11) is 1.82. The molecule has 2 heteroatoms. The maximum absolute atomic E-state index is 4.18. The van der Waals surface area contributed by atoms with Crippen molar-refractivity contribution in [2.45, 2.75) is 40.2 Å². The van der Waals surface area contributed by atoms with Gasteiger partial charge in [-0.15, -0.1) is 0 Å². The molecule has 0 aromatic carbocycles. The number of amidine groups is 1. The minimum absolute atomic E-state index is 0.499.